The van der Waals surface area contributed by atoms with Crippen molar-refractivity contribution in [1.82, 2.24) is 9.03 Å². The Morgan fingerprint density at radius 2 is 2.00 bits per heavy atom. The minimum Gasteiger partial charge on any atom is -0.329 e. The van der Waals surface area contributed by atoms with E-state index in [0.717, 1.165) is 25.7 Å². The molecule has 0 spiro atoms. The topological polar surface area (TPSA) is 99.2 Å². The third-order valence-electron chi connectivity index (χ3n) is 3.72. The highest BCUT2D eigenvalue weighted by molar-refractivity contribution is 7.87. The minimum atomic E-state index is -3.54. The van der Waals surface area contributed by atoms with Crippen LogP contribution in [0, 0.1) is 17.2 Å². The van der Waals surface area contributed by atoms with E-state index in [1.54, 1.807) is 0 Å². The van der Waals surface area contributed by atoms with Crippen molar-refractivity contribution >= 4 is 22.6 Å². The number of nitrogens with two attached hydrogens (primary N) is 1. The summed E-state index contributed by atoms with van der Waals surface area (Å²) in [5.41, 5.74) is 5.71. The normalized spacial score (nSPS) is 18.3. The van der Waals surface area contributed by atoms with E-state index < -0.39 is 10.2 Å². The van der Waals surface area contributed by atoms with E-state index in [9.17, 15) is 8.42 Å². The molecule has 1 rings (SSSR count). The lowest BCUT2D eigenvalue weighted by Crippen LogP contribution is -2.50. The molecule has 0 radical (unpaired) electrons. The molecule has 3 N–H and O–H groups in total. The molecular weight excluding hydrogens is 300 g/mol. The van der Waals surface area contributed by atoms with Gasteiger partial charge in [-0.2, -0.15) is 22.7 Å². The second kappa shape index (κ2) is 9.53. The van der Waals surface area contributed by atoms with E-state index >= 15 is 0 Å². The van der Waals surface area contributed by atoms with Crippen LogP contribution in [0.25, 0.3) is 0 Å². The Kier molecular flexibility index (Phi) is 9.34. The summed E-state index contributed by atoms with van der Waals surface area (Å²) in [5, 5.41) is 8.50. The summed E-state index contributed by atoms with van der Waals surface area (Å²) in [7, 11) is -2.06. The SMILES string of the molecule is CN(CCC#N)S(=O)(=O)NC(CN)C1CCCCC1.Cl. The standard InChI is InChI=1S/C12H24N4O2S.ClH/c1-16(9-5-8-13)19(17,18)15-12(10-14)11-6-3-2-4-7-11;/h11-12,15H,2-7,9-10,14H2,1H3;1H. The molecule has 8 heteroatoms. The van der Waals surface area contributed by atoms with Gasteiger partial charge in [0.25, 0.3) is 10.2 Å². The number of halogens is 1. The first-order valence-corrected chi connectivity index (χ1v) is 8.26. The van der Waals surface area contributed by atoms with Gasteiger partial charge < -0.3 is 5.73 Å². The van der Waals surface area contributed by atoms with Crippen LogP contribution in [-0.2, 0) is 10.2 Å². The summed E-state index contributed by atoms with van der Waals surface area (Å²) >= 11 is 0. The molecule has 0 aromatic carbocycles. The zero-order valence-corrected chi connectivity index (χ0v) is 13.5. The van der Waals surface area contributed by atoms with Crippen molar-refractivity contribution in [2.75, 3.05) is 20.1 Å². The van der Waals surface area contributed by atoms with Gasteiger partial charge in [-0.15, -0.1) is 12.4 Å². The van der Waals surface area contributed by atoms with Crippen molar-refractivity contribution < 1.29 is 8.42 Å². The van der Waals surface area contributed by atoms with Gasteiger partial charge in [-0.1, -0.05) is 19.3 Å². The number of rotatable bonds is 7. The summed E-state index contributed by atoms with van der Waals surface area (Å²) in [6.45, 7) is 0.518. The van der Waals surface area contributed by atoms with Crippen molar-refractivity contribution in [3.8, 4) is 6.07 Å². The van der Waals surface area contributed by atoms with Crippen molar-refractivity contribution in [1.29, 1.82) is 5.26 Å². The summed E-state index contributed by atoms with van der Waals surface area (Å²) in [6.07, 6.45) is 5.77. The predicted octanol–water partition coefficient (Wildman–Crippen LogP) is 0.996. The fraction of sp³-hybridized carbons (Fsp3) is 0.917. The van der Waals surface area contributed by atoms with E-state index in [2.05, 4.69) is 4.72 Å². The third kappa shape index (κ3) is 5.94. The molecule has 1 aliphatic rings. The first kappa shape index (κ1) is 19.6. The van der Waals surface area contributed by atoms with E-state index in [4.69, 9.17) is 11.0 Å². The molecule has 118 valence electrons. The van der Waals surface area contributed by atoms with Crippen molar-refractivity contribution in [3.05, 3.63) is 0 Å². The van der Waals surface area contributed by atoms with Crippen LogP contribution in [0.5, 0.6) is 0 Å². The van der Waals surface area contributed by atoms with Crippen LogP contribution >= 0.6 is 12.4 Å². The average Bonchev–Trinajstić information content (AvgIpc) is 2.43. The summed E-state index contributed by atoms with van der Waals surface area (Å²) in [6, 6.07) is 1.74. The van der Waals surface area contributed by atoms with Crippen molar-refractivity contribution in [2.24, 2.45) is 11.7 Å². The first-order chi connectivity index (χ1) is 9.01. The predicted molar refractivity (Wildman–Crippen MR) is 81.6 cm³/mol. The van der Waals surface area contributed by atoms with Gasteiger partial charge in [0.05, 0.1) is 6.07 Å². The molecule has 6 nitrogen and oxygen atoms in total. The van der Waals surface area contributed by atoms with E-state index in [1.807, 2.05) is 6.07 Å². The van der Waals surface area contributed by atoms with Gasteiger partial charge in [0.15, 0.2) is 0 Å². The highest BCUT2D eigenvalue weighted by Crippen LogP contribution is 2.26. The molecule has 20 heavy (non-hydrogen) atoms. The number of hydrogen-bond donors (Lipinski definition) is 2. The Balaban J connectivity index is 0.00000361. The summed E-state index contributed by atoms with van der Waals surface area (Å²) in [4.78, 5) is 0. The molecule has 0 heterocycles. The lowest BCUT2D eigenvalue weighted by atomic mass is 9.84. The summed E-state index contributed by atoms with van der Waals surface area (Å²) < 4.78 is 28.1. The van der Waals surface area contributed by atoms with Gasteiger partial charge in [-0.3, -0.25) is 0 Å². The van der Waals surface area contributed by atoms with Gasteiger partial charge >= 0.3 is 0 Å². The Bertz CT molecular complexity index is 404. The van der Waals surface area contributed by atoms with Crippen LogP contribution in [-0.4, -0.2) is 38.9 Å². The third-order valence-corrected chi connectivity index (χ3v) is 5.33. The van der Waals surface area contributed by atoms with Crippen LogP contribution in [0.1, 0.15) is 38.5 Å². The zero-order chi connectivity index (χ0) is 14.3. The molecule has 1 atom stereocenters. The van der Waals surface area contributed by atoms with Gasteiger partial charge in [0, 0.05) is 32.6 Å². The van der Waals surface area contributed by atoms with Crippen LogP contribution in [0.15, 0.2) is 0 Å². The fourth-order valence-electron chi connectivity index (χ4n) is 2.48. The number of nitrogens with zero attached hydrogens (tertiary/aromatic N) is 2. The highest BCUT2D eigenvalue weighted by Gasteiger charge is 2.28. The molecule has 1 unspecified atom stereocenters. The lowest BCUT2D eigenvalue weighted by molar-refractivity contribution is 0.290. The Morgan fingerprint density at radius 3 is 2.50 bits per heavy atom. The van der Waals surface area contributed by atoms with Gasteiger partial charge in [0.2, 0.25) is 0 Å². The summed E-state index contributed by atoms with van der Waals surface area (Å²) in [5.74, 6) is 0.331. The largest absolute Gasteiger partial charge is 0.329 e. The second-order valence-electron chi connectivity index (χ2n) is 5.09. The molecule has 0 saturated heterocycles. The molecule has 0 aromatic rings. The van der Waals surface area contributed by atoms with E-state index in [-0.39, 0.29) is 31.4 Å². The Morgan fingerprint density at radius 1 is 1.40 bits per heavy atom. The maximum atomic E-state index is 12.1. The maximum Gasteiger partial charge on any atom is 0.279 e. The number of nitriles is 1. The molecule has 0 bridgehead atoms. The molecule has 1 fully saturated rings. The molecule has 0 aromatic heterocycles. The smallest absolute Gasteiger partial charge is 0.279 e. The average molecular weight is 325 g/mol. The fourth-order valence-corrected chi connectivity index (χ4v) is 3.67. The second-order valence-corrected chi connectivity index (χ2v) is 6.90. The van der Waals surface area contributed by atoms with Gasteiger partial charge in [0.1, 0.15) is 0 Å². The van der Waals surface area contributed by atoms with Gasteiger partial charge in [-0.05, 0) is 18.8 Å². The monoisotopic (exact) mass is 324 g/mol. The molecule has 0 aliphatic heterocycles. The molecular formula is C12H25ClN4O2S. The van der Waals surface area contributed by atoms with E-state index in [0.29, 0.717) is 12.5 Å². The lowest BCUT2D eigenvalue weighted by Gasteiger charge is -2.31. The minimum absolute atomic E-state index is 0. The number of hydrogen-bond acceptors (Lipinski definition) is 4. The molecule has 1 saturated carbocycles. The Hall–Kier alpha value is -0.390. The number of nitrogens with one attached hydrogen (secondary N) is 1. The Labute approximate surface area is 128 Å². The zero-order valence-electron chi connectivity index (χ0n) is 11.9. The first-order valence-electron chi connectivity index (χ1n) is 6.82. The molecule has 0 amide bonds. The van der Waals surface area contributed by atoms with Crippen LogP contribution < -0.4 is 10.5 Å². The van der Waals surface area contributed by atoms with Crippen LogP contribution in [0.3, 0.4) is 0 Å². The van der Waals surface area contributed by atoms with Crippen molar-refractivity contribution in [3.63, 3.8) is 0 Å². The highest BCUT2D eigenvalue weighted by atomic mass is 35.5. The van der Waals surface area contributed by atoms with Crippen LogP contribution in [0.4, 0.5) is 0 Å². The van der Waals surface area contributed by atoms with Crippen molar-refractivity contribution in [2.45, 2.75) is 44.6 Å². The van der Waals surface area contributed by atoms with E-state index in [1.165, 1.54) is 17.8 Å². The quantitative estimate of drug-likeness (QED) is 0.729. The van der Waals surface area contributed by atoms with Gasteiger partial charge in [-0.25, -0.2) is 0 Å². The maximum absolute atomic E-state index is 12.1. The van der Waals surface area contributed by atoms with Crippen LogP contribution in [0.2, 0.25) is 0 Å². The molecule has 1 aliphatic carbocycles.